The quantitative estimate of drug-likeness (QED) is 0.0154. The van der Waals surface area contributed by atoms with Gasteiger partial charge in [0.2, 0.25) is 0 Å². The zero-order valence-corrected chi connectivity index (χ0v) is 61.6. The number of esters is 2. The Morgan fingerprint density at radius 1 is 0.333 bits per heavy atom. The van der Waals surface area contributed by atoms with Crippen LogP contribution in [0.1, 0.15) is 150 Å². The molecule has 0 bridgehead atoms. The smallest absolute Gasteiger partial charge is 0.335 e. The highest BCUT2D eigenvalue weighted by molar-refractivity contribution is 6.45. The number of carbonyl (C=O) groups is 6. The van der Waals surface area contributed by atoms with Gasteiger partial charge in [-0.25, -0.2) is 9.59 Å². The monoisotopic (exact) mass is 1450 g/mol. The van der Waals surface area contributed by atoms with E-state index in [1.54, 1.807) is 72.8 Å². The van der Waals surface area contributed by atoms with Gasteiger partial charge in [0.15, 0.2) is 0 Å². The molecule has 4 fully saturated rings. The number of imide groups is 2. The molecule has 0 N–H and O–H groups in total. The number of aryl methyl sites for hydroxylation is 8. The lowest BCUT2D eigenvalue weighted by Gasteiger charge is -2.39. The van der Waals surface area contributed by atoms with Crippen molar-refractivity contribution < 1.29 is 76.1 Å². The van der Waals surface area contributed by atoms with Crippen molar-refractivity contribution in [1.29, 1.82) is 0 Å². The Labute approximate surface area is 624 Å². The molecule has 2 aliphatic carbocycles. The van der Waals surface area contributed by atoms with Crippen molar-refractivity contribution in [1.82, 2.24) is 9.80 Å². The fraction of sp³-hybridized carbons (Fsp3) is 0.311. The van der Waals surface area contributed by atoms with E-state index in [0.717, 1.165) is 92.8 Å². The van der Waals surface area contributed by atoms with Crippen molar-refractivity contribution in [2.24, 2.45) is 11.8 Å². The van der Waals surface area contributed by atoms with Gasteiger partial charge in [-0.05, 0) is 259 Å². The molecule has 17 rings (SSSR count). The zero-order chi connectivity index (χ0) is 74.5. The highest BCUT2D eigenvalue weighted by Gasteiger charge is 2.50. The molecule has 11 aromatic rings. The lowest BCUT2D eigenvalue weighted by Crippen LogP contribution is -2.55. The predicted molar refractivity (Wildman–Crippen MR) is 408 cm³/mol. The predicted octanol–water partition coefficient (Wildman–Crippen LogP) is 19.2. The third-order valence-corrected chi connectivity index (χ3v) is 21.6. The summed E-state index contributed by atoms with van der Waals surface area (Å²) in [7, 11) is 0. The van der Waals surface area contributed by atoms with Crippen molar-refractivity contribution in [2.75, 3.05) is 26.4 Å². The average molecular weight is 1450 g/mol. The normalized spacial score (nSPS) is 17.7. The van der Waals surface area contributed by atoms with E-state index < -0.39 is 59.5 Å². The highest BCUT2D eigenvalue weighted by atomic mass is 16.6. The Morgan fingerprint density at radius 2 is 0.583 bits per heavy atom. The number of hydrogen-bond donors (Lipinski definition) is 0. The maximum absolute atomic E-state index is 16.7. The average Bonchev–Trinajstić information content (AvgIpc) is 1.00. The van der Waals surface area contributed by atoms with Crippen molar-refractivity contribution in [3.63, 3.8) is 0 Å². The summed E-state index contributed by atoms with van der Waals surface area (Å²) >= 11 is 0. The molecular weight excluding hydrogens is 1360 g/mol. The first-order valence-electron chi connectivity index (χ1n) is 37.5. The second-order valence-electron chi connectivity index (χ2n) is 30.4. The summed E-state index contributed by atoms with van der Waals surface area (Å²) in [4.78, 5) is 100. The van der Waals surface area contributed by atoms with Crippen LogP contribution in [0.25, 0.3) is 43.1 Å². The van der Waals surface area contributed by atoms with Crippen LogP contribution in [0, 0.1) is 67.2 Å². The summed E-state index contributed by atoms with van der Waals surface area (Å²) in [6, 6.07) is 40.2. The topological polar surface area (TPSA) is 208 Å². The van der Waals surface area contributed by atoms with Gasteiger partial charge in [0.1, 0.15) is 106 Å². The molecule has 4 aliphatic heterocycles. The van der Waals surface area contributed by atoms with Gasteiger partial charge in [-0.15, -0.1) is 0 Å². The van der Waals surface area contributed by atoms with Crippen LogP contribution in [0.15, 0.2) is 146 Å². The summed E-state index contributed by atoms with van der Waals surface area (Å²) < 4.78 is 64.9. The minimum atomic E-state index is -1.41. The standard InChI is InChI=1S/C90H82N2O16/c1-47-27-48(2)32-61(31-47)103-71-39-67-75-68(86(94)91(85(67)93)83(55-15-11-9-12-16-55)89(97)107-59-23-19-57(20-24-59)99-43-65-45-101-65)41-73(105-63-35-51(5)29-52(6)36-63)79-80-74(106-64-37-53(7)30-54(8)38-64)42-70-76-69(40-72(78(82(76)80)77(71)81(75)79)104-62-33-49(3)28-50(4)34-62)87(95)92(88(70)96)84(56-17-13-10-14-18-56)90(98)108-60-25-21-58(22-26-60)100-44-66-46-102-66/h19-42,55-56,65-66,83-84H,9-18,43-46H2,1-8H3. The zero-order valence-electron chi connectivity index (χ0n) is 61.6. The molecule has 0 aromatic heterocycles. The number of epoxide rings is 2. The Morgan fingerprint density at radius 3 is 0.833 bits per heavy atom. The highest BCUT2D eigenvalue weighted by Crippen LogP contribution is 2.59. The van der Waals surface area contributed by atoms with Crippen LogP contribution >= 0.6 is 0 Å². The maximum atomic E-state index is 16.7. The molecule has 4 heterocycles. The molecule has 11 aromatic carbocycles. The van der Waals surface area contributed by atoms with Crippen molar-refractivity contribution in [3.05, 3.63) is 212 Å². The lowest BCUT2D eigenvalue weighted by atomic mass is 9.78. The molecule has 18 heteroatoms. The Kier molecular flexibility index (Phi) is 18.1. The molecule has 2 saturated heterocycles. The summed E-state index contributed by atoms with van der Waals surface area (Å²) in [5.41, 5.74) is 7.14. The van der Waals surface area contributed by atoms with Crippen LogP contribution in [0.2, 0.25) is 0 Å². The summed E-state index contributed by atoms with van der Waals surface area (Å²) in [5.74, 6) is -2.05. The summed E-state index contributed by atoms with van der Waals surface area (Å²) in [6.45, 7) is 17.7. The Hall–Kier alpha value is -11.3. The molecule has 0 spiro atoms. The Balaban J connectivity index is 0.955. The molecule has 4 atom stereocenters. The van der Waals surface area contributed by atoms with Gasteiger partial charge in [0.25, 0.3) is 23.6 Å². The third-order valence-electron chi connectivity index (χ3n) is 21.6. The van der Waals surface area contributed by atoms with Crippen LogP contribution in [0.5, 0.6) is 69.0 Å². The van der Waals surface area contributed by atoms with E-state index in [4.69, 9.17) is 47.4 Å². The largest absolute Gasteiger partial charge is 0.491 e. The molecule has 6 aliphatic rings. The molecule has 4 amide bonds. The van der Waals surface area contributed by atoms with Crippen LogP contribution in [-0.2, 0) is 19.1 Å². The van der Waals surface area contributed by atoms with E-state index in [1.807, 2.05) is 128 Å². The SMILES string of the molecule is Cc1cc(C)cc(Oc2cc3c4c(cc(Oc5cc(C)cc(C)c5)c5c6c(Oc7cc(C)cc(C)c7)cc7c8c(cc(Oc9cc(C)cc(C)c9)c(c2c45)c86)C(=O)N(C(C(=O)Oc2ccc(OCC4CO4)cc2)C2CCCCC2)C7=O)C(=O)N(C(C(=O)Oc2ccc(OCC4CO4)cc2)C2CCCCC2)C3=O)c1. The second-order valence-corrected chi connectivity index (χ2v) is 30.4. The number of ether oxygens (including phenoxy) is 10. The van der Waals surface area contributed by atoms with Gasteiger partial charge in [-0.2, -0.15) is 0 Å². The lowest BCUT2D eigenvalue weighted by molar-refractivity contribution is -0.142. The molecule has 0 radical (unpaired) electrons. The molecule has 18 nitrogen and oxygen atoms in total. The first-order chi connectivity index (χ1) is 52.2. The number of carbonyl (C=O) groups excluding carboxylic acids is 6. The van der Waals surface area contributed by atoms with E-state index in [0.29, 0.717) is 119 Å². The van der Waals surface area contributed by atoms with Crippen LogP contribution in [-0.4, -0.2) is 96.1 Å². The number of hydrogen-bond acceptors (Lipinski definition) is 16. The van der Waals surface area contributed by atoms with Gasteiger partial charge in [-0.3, -0.25) is 29.0 Å². The molecule has 4 unspecified atom stereocenters. The first kappa shape index (κ1) is 69.7. The second kappa shape index (κ2) is 28.1. The minimum absolute atomic E-state index is 0.0204. The van der Waals surface area contributed by atoms with Gasteiger partial charge < -0.3 is 47.4 Å². The fourth-order valence-electron chi connectivity index (χ4n) is 17.0. The fourth-order valence-corrected chi connectivity index (χ4v) is 17.0. The van der Waals surface area contributed by atoms with Gasteiger partial charge >= 0.3 is 11.9 Å². The first-order valence-corrected chi connectivity index (χ1v) is 37.5. The number of fused-ring (bicyclic) bond motifs is 2. The number of benzene rings is 11. The molecular formula is C90H82N2O16. The minimum Gasteiger partial charge on any atom is -0.491 e. The number of rotatable bonds is 22. The van der Waals surface area contributed by atoms with Crippen molar-refractivity contribution >= 4 is 78.7 Å². The molecule has 108 heavy (non-hydrogen) atoms. The van der Waals surface area contributed by atoms with Gasteiger partial charge in [-0.1, -0.05) is 62.8 Å². The van der Waals surface area contributed by atoms with E-state index >= 15 is 28.8 Å². The Bertz CT molecular complexity index is 4870. The van der Waals surface area contributed by atoms with Crippen LogP contribution in [0.4, 0.5) is 0 Å². The van der Waals surface area contributed by atoms with Crippen molar-refractivity contribution in [2.45, 2.75) is 144 Å². The summed E-state index contributed by atoms with van der Waals surface area (Å²) in [6.07, 6.45) is 6.97. The number of amides is 4. The summed E-state index contributed by atoms with van der Waals surface area (Å²) in [5, 5.41) is 2.34. The van der Waals surface area contributed by atoms with Crippen LogP contribution < -0.4 is 37.9 Å². The van der Waals surface area contributed by atoms with Gasteiger partial charge in [0.05, 0.1) is 35.5 Å². The van der Waals surface area contributed by atoms with E-state index in [-0.39, 0.29) is 79.7 Å². The molecule has 2 saturated carbocycles. The maximum Gasteiger partial charge on any atom is 0.335 e. The van der Waals surface area contributed by atoms with Crippen molar-refractivity contribution in [3.8, 4) is 69.0 Å². The van der Waals surface area contributed by atoms with Gasteiger partial charge in [0, 0.05) is 43.1 Å². The van der Waals surface area contributed by atoms with Crippen LogP contribution in [0.3, 0.4) is 0 Å². The van der Waals surface area contributed by atoms with E-state index in [2.05, 4.69) is 0 Å². The third kappa shape index (κ3) is 13.4. The molecule has 548 valence electrons. The van der Waals surface area contributed by atoms with E-state index in [1.165, 1.54) is 0 Å². The van der Waals surface area contributed by atoms with E-state index in [9.17, 15) is 0 Å². The number of nitrogens with zero attached hydrogens (tertiary/aromatic N) is 2.